The second-order valence-electron chi connectivity index (χ2n) is 5.54. The minimum atomic E-state index is -0.881. The van der Waals surface area contributed by atoms with Crippen molar-refractivity contribution in [2.45, 2.75) is 32.7 Å². The van der Waals surface area contributed by atoms with E-state index >= 15 is 0 Å². The monoisotopic (exact) mass is 315 g/mol. The Morgan fingerprint density at radius 2 is 1.91 bits per heavy atom. The number of nitrogens with one attached hydrogen (secondary N) is 1. The van der Waals surface area contributed by atoms with Gasteiger partial charge >= 0.3 is 5.97 Å². The predicted molar refractivity (Wildman–Crippen MR) is 86.2 cm³/mol. The molecule has 6 heteroatoms. The minimum Gasteiger partial charge on any atom is -0.481 e. The Hall–Kier alpha value is -2.63. The van der Waals surface area contributed by atoms with E-state index < -0.39 is 5.97 Å². The number of carbonyl (C=O) groups is 2. The molecule has 0 aliphatic rings. The lowest BCUT2D eigenvalue weighted by Crippen LogP contribution is -2.29. The number of aromatic nitrogens is 2. The first kappa shape index (κ1) is 16.7. The van der Waals surface area contributed by atoms with Gasteiger partial charge in [0.2, 0.25) is 0 Å². The molecule has 0 bridgehead atoms. The van der Waals surface area contributed by atoms with Gasteiger partial charge in [-0.1, -0.05) is 30.3 Å². The molecule has 1 unspecified atom stereocenters. The molecule has 2 rings (SSSR count). The third-order valence-corrected chi connectivity index (χ3v) is 3.89. The van der Waals surface area contributed by atoms with Crippen LogP contribution in [0.4, 0.5) is 0 Å². The molecule has 2 N–H and O–H groups in total. The first-order valence-electron chi connectivity index (χ1n) is 7.48. The van der Waals surface area contributed by atoms with Crippen molar-refractivity contribution in [3.8, 4) is 0 Å². The van der Waals surface area contributed by atoms with E-state index in [-0.39, 0.29) is 18.4 Å². The molecule has 1 atom stereocenters. The average molecular weight is 315 g/mol. The largest absolute Gasteiger partial charge is 0.481 e. The van der Waals surface area contributed by atoms with Gasteiger partial charge in [-0.15, -0.1) is 0 Å². The van der Waals surface area contributed by atoms with E-state index in [2.05, 4.69) is 10.4 Å². The lowest BCUT2D eigenvalue weighted by atomic mass is 10.0. The fourth-order valence-electron chi connectivity index (χ4n) is 2.61. The zero-order valence-corrected chi connectivity index (χ0v) is 13.5. The summed E-state index contributed by atoms with van der Waals surface area (Å²) < 4.78 is 1.67. The summed E-state index contributed by atoms with van der Waals surface area (Å²) in [5.41, 5.74) is 2.88. The lowest BCUT2D eigenvalue weighted by molar-refractivity contribution is -0.137. The standard InChI is InChI=1S/C17H21N3O3/c1-11-16(12(2)20(3)19-11)17(23)18-14(9-10-15(21)22)13-7-5-4-6-8-13/h4-8,14H,9-10H2,1-3H3,(H,18,23)(H,21,22). The zero-order chi connectivity index (χ0) is 17.0. The Labute approximate surface area is 135 Å². The van der Waals surface area contributed by atoms with Crippen LogP contribution in [0.25, 0.3) is 0 Å². The van der Waals surface area contributed by atoms with Gasteiger partial charge in [-0.05, 0) is 25.8 Å². The van der Waals surface area contributed by atoms with E-state index in [0.29, 0.717) is 17.7 Å². The molecule has 0 aliphatic heterocycles. The van der Waals surface area contributed by atoms with Crippen LogP contribution in [0.15, 0.2) is 30.3 Å². The van der Waals surface area contributed by atoms with Crippen molar-refractivity contribution in [2.24, 2.45) is 7.05 Å². The quantitative estimate of drug-likeness (QED) is 0.857. The average Bonchev–Trinajstić information content (AvgIpc) is 2.77. The molecule has 1 heterocycles. The van der Waals surface area contributed by atoms with E-state index in [1.807, 2.05) is 37.3 Å². The second-order valence-corrected chi connectivity index (χ2v) is 5.54. The number of carbonyl (C=O) groups excluding carboxylic acids is 1. The third-order valence-electron chi connectivity index (χ3n) is 3.89. The highest BCUT2D eigenvalue weighted by atomic mass is 16.4. The molecule has 0 spiro atoms. The fraction of sp³-hybridized carbons (Fsp3) is 0.353. The number of nitrogens with zero attached hydrogens (tertiary/aromatic N) is 2. The van der Waals surface area contributed by atoms with Crippen LogP contribution in [0.5, 0.6) is 0 Å². The zero-order valence-electron chi connectivity index (χ0n) is 13.5. The van der Waals surface area contributed by atoms with Crippen molar-refractivity contribution >= 4 is 11.9 Å². The smallest absolute Gasteiger partial charge is 0.303 e. The molecular formula is C17H21N3O3. The molecule has 1 amide bonds. The first-order chi connectivity index (χ1) is 10.9. The van der Waals surface area contributed by atoms with Crippen molar-refractivity contribution in [1.29, 1.82) is 0 Å². The van der Waals surface area contributed by atoms with Gasteiger partial charge in [0.25, 0.3) is 5.91 Å². The van der Waals surface area contributed by atoms with Gasteiger partial charge in [-0.25, -0.2) is 0 Å². The van der Waals surface area contributed by atoms with Crippen molar-refractivity contribution in [3.05, 3.63) is 52.8 Å². The molecule has 0 saturated heterocycles. The van der Waals surface area contributed by atoms with Gasteiger partial charge < -0.3 is 10.4 Å². The maximum absolute atomic E-state index is 12.6. The number of rotatable bonds is 6. The lowest BCUT2D eigenvalue weighted by Gasteiger charge is -2.18. The van der Waals surface area contributed by atoms with Gasteiger partial charge in [0, 0.05) is 19.2 Å². The molecule has 122 valence electrons. The second kappa shape index (κ2) is 7.09. The topological polar surface area (TPSA) is 84.2 Å². The van der Waals surface area contributed by atoms with Crippen LogP contribution in [0, 0.1) is 13.8 Å². The van der Waals surface area contributed by atoms with E-state index in [0.717, 1.165) is 11.3 Å². The summed E-state index contributed by atoms with van der Waals surface area (Å²) in [5.74, 6) is -1.11. The number of benzene rings is 1. The van der Waals surface area contributed by atoms with Crippen LogP contribution in [-0.4, -0.2) is 26.8 Å². The number of aliphatic carboxylic acids is 1. The van der Waals surface area contributed by atoms with Crippen molar-refractivity contribution in [3.63, 3.8) is 0 Å². The molecular weight excluding hydrogens is 294 g/mol. The number of hydrogen-bond donors (Lipinski definition) is 2. The number of aryl methyl sites for hydroxylation is 2. The van der Waals surface area contributed by atoms with Crippen LogP contribution in [0.2, 0.25) is 0 Å². The van der Waals surface area contributed by atoms with E-state index in [4.69, 9.17) is 5.11 Å². The van der Waals surface area contributed by atoms with E-state index in [9.17, 15) is 9.59 Å². The summed E-state index contributed by atoms with van der Waals surface area (Å²) in [4.78, 5) is 23.5. The summed E-state index contributed by atoms with van der Waals surface area (Å²) in [6.07, 6.45) is 0.328. The van der Waals surface area contributed by atoms with E-state index in [1.54, 1.807) is 18.7 Å². The highest BCUT2D eigenvalue weighted by Crippen LogP contribution is 2.20. The normalized spacial score (nSPS) is 12.0. The molecule has 0 fully saturated rings. The highest BCUT2D eigenvalue weighted by Gasteiger charge is 2.21. The highest BCUT2D eigenvalue weighted by molar-refractivity contribution is 5.96. The van der Waals surface area contributed by atoms with Crippen LogP contribution >= 0.6 is 0 Å². The van der Waals surface area contributed by atoms with Gasteiger partial charge in [-0.2, -0.15) is 5.10 Å². The maximum atomic E-state index is 12.6. The molecule has 0 aliphatic carbocycles. The summed E-state index contributed by atoms with van der Waals surface area (Å²) in [7, 11) is 1.79. The van der Waals surface area contributed by atoms with Crippen LogP contribution in [0.1, 0.15) is 46.2 Å². The van der Waals surface area contributed by atoms with Crippen LogP contribution < -0.4 is 5.32 Å². The number of amides is 1. The molecule has 23 heavy (non-hydrogen) atoms. The molecule has 2 aromatic rings. The van der Waals surface area contributed by atoms with Crippen molar-refractivity contribution < 1.29 is 14.7 Å². The summed E-state index contributed by atoms with van der Waals surface area (Å²) in [6.45, 7) is 3.63. The predicted octanol–water partition coefficient (Wildman–Crippen LogP) is 2.37. The number of hydrogen-bond acceptors (Lipinski definition) is 3. The van der Waals surface area contributed by atoms with Crippen LogP contribution in [-0.2, 0) is 11.8 Å². The fourth-order valence-corrected chi connectivity index (χ4v) is 2.61. The van der Waals surface area contributed by atoms with Gasteiger partial charge in [-0.3, -0.25) is 14.3 Å². The molecule has 1 aromatic heterocycles. The maximum Gasteiger partial charge on any atom is 0.303 e. The number of carboxylic acids is 1. The third kappa shape index (κ3) is 3.97. The number of carboxylic acid groups (broad SMARTS) is 1. The van der Waals surface area contributed by atoms with E-state index in [1.165, 1.54) is 0 Å². The Balaban J connectivity index is 2.23. The summed E-state index contributed by atoms with van der Waals surface area (Å²) >= 11 is 0. The van der Waals surface area contributed by atoms with Crippen molar-refractivity contribution in [2.75, 3.05) is 0 Å². The van der Waals surface area contributed by atoms with Gasteiger partial charge in [0.1, 0.15) is 0 Å². The summed E-state index contributed by atoms with van der Waals surface area (Å²) in [6, 6.07) is 9.05. The van der Waals surface area contributed by atoms with Crippen LogP contribution in [0.3, 0.4) is 0 Å². The van der Waals surface area contributed by atoms with Gasteiger partial charge in [0.15, 0.2) is 0 Å². The Kier molecular flexibility index (Phi) is 5.16. The Bertz CT molecular complexity index is 707. The summed E-state index contributed by atoms with van der Waals surface area (Å²) in [5, 5.41) is 16.1. The Morgan fingerprint density at radius 3 is 2.43 bits per heavy atom. The Morgan fingerprint density at radius 1 is 1.26 bits per heavy atom. The SMILES string of the molecule is Cc1nn(C)c(C)c1C(=O)NC(CCC(=O)O)c1ccccc1. The molecule has 0 saturated carbocycles. The van der Waals surface area contributed by atoms with Crippen molar-refractivity contribution in [1.82, 2.24) is 15.1 Å². The molecule has 6 nitrogen and oxygen atoms in total. The molecule has 0 radical (unpaired) electrons. The molecule has 1 aromatic carbocycles. The first-order valence-corrected chi connectivity index (χ1v) is 7.48. The van der Waals surface area contributed by atoms with Gasteiger partial charge in [0.05, 0.1) is 17.3 Å². The minimum absolute atomic E-state index is 0.00908.